The Balaban J connectivity index is 2.22. The summed E-state index contributed by atoms with van der Waals surface area (Å²) in [5.41, 5.74) is 3.71. The molecule has 0 aliphatic heterocycles. The number of aryl methyl sites for hydroxylation is 1. The van der Waals surface area contributed by atoms with E-state index in [1.165, 1.54) is 0 Å². The van der Waals surface area contributed by atoms with Crippen LogP contribution >= 0.6 is 15.9 Å². The van der Waals surface area contributed by atoms with E-state index in [1.54, 1.807) is 0 Å². The highest BCUT2D eigenvalue weighted by Crippen LogP contribution is 2.21. The van der Waals surface area contributed by atoms with Crippen molar-refractivity contribution in [2.24, 2.45) is 0 Å². The minimum atomic E-state index is 0.714. The van der Waals surface area contributed by atoms with Gasteiger partial charge in [0.1, 0.15) is 0 Å². The average Bonchev–Trinajstić information content (AvgIpc) is 2.32. The van der Waals surface area contributed by atoms with E-state index in [0.29, 0.717) is 5.56 Å². The topological polar surface area (TPSA) is 35.8 Å². The van der Waals surface area contributed by atoms with E-state index in [9.17, 15) is 0 Å². The molecule has 17 heavy (non-hydrogen) atoms. The van der Waals surface area contributed by atoms with Gasteiger partial charge in [0, 0.05) is 15.8 Å². The lowest BCUT2D eigenvalue weighted by Crippen LogP contribution is -1.91. The number of halogens is 1. The maximum Gasteiger partial charge on any atom is 0.0994 e. The van der Waals surface area contributed by atoms with Crippen molar-refractivity contribution in [3.05, 3.63) is 58.1 Å². The molecular formula is C14H11BrN2. The molecule has 0 spiro atoms. The standard InChI is InChI=1S/C14H11BrN2/c1-10-8-14(5-2-11(10)9-16)17-13-6-3-12(15)4-7-13/h2-8,17H,1H3. The van der Waals surface area contributed by atoms with E-state index >= 15 is 0 Å². The van der Waals surface area contributed by atoms with Gasteiger partial charge in [-0.1, -0.05) is 15.9 Å². The van der Waals surface area contributed by atoms with Gasteiger partial charge in [-0.2, -0.15) is 5.26 Å². The summed E-state index contributed by atoms with van der Waals surface area (Å²) in [7, 11) is 0. The van der Waals surface area contributed by atoms with Crippen LogP contribution in [0.4, 0.5) is 11.4 Å². The first-order valence-corrected chi connectivity index (χ1v) is 6.01. The Morgan fingerprint density at radius 2 is 1.71 bits per heavy atom. The monoisotopic (exact) mass is 286 g/mol. The second-order valence-electron chi connectivity index (χ2n) is 3.77. The van der Waals surface area contributed by atoms with Crippen molar-refractivity contribution in [3.63, 3.8) is 0 Å². The highest BCUT2D eigenvalue weighted by molar-refractivity contribution is 9.10. The zero-order valence-electron chi connectivity index (χ0n) is 9.37. The Hall–Kier alpha value is -1.79. The van der Waals surface area contributed by atoms with Gasteiger partial charge >= 0.3 is 0 Å². The quantitative estimate of drug-likeness (QED) is 0.890. The zero-order chi connectivity index (χ0) is 12.3. The summed E-state index contributed by atoms with van der Waals surface area (Å²) < 4.78 is 1.05. The van der Waals surface area contributed by atoms with Crippen LogP contribution in [0.3, 0.4) is 0 Å². The van der Waals surface area contributed by atoms with E-state index in [1.807, 2.05) is 49.4 Å². The summed E-state index contributed by atoms with van der Waals surface area (Å²) in [5, 5.41) is 12.1. The van der Waals surface area contributed by atoms with Gasteiger partial charge in [0.25, 0.3) is 0 Å². The van der Waals surface area contributed by atoms with Gasteiger partial charge in [-0.3, -0.25) is 0 Å². The van der Waals surface area contributed by atoms with Gasteiger partial charge in [-0.15, -0.1) is 0 Å². The van der Waals surface area contributed by atoms with Crippen molar-refractivity contribution in [1.82, 2.24) is 0 Å². The van der Waals surface area contributed by atoms with Crippen LogP contribution in [-0.2, 0) is 0 Å². The number of nitrogens with zero attached hydrogens (tertiary/aromatic N) is 1. The van der Waals surface area contributed by atoms with Crippen molar-refractivity contribution in [2.75, 3.05) is 5.32 Å². The molecule has 0 aliphatic rings. The molecule has 0 atom stereocenters. The summed E-state index contributed by atoms with van der Waals surface area (Å²) in [6.07, 6.45) is 0. The van der Waals surface area contributed by atoms with E-state index in [4.69, 9.17) is 5.26 Å². The molecule has 2 aromatic carbocycles. The molecule has 0 saturated carbocycles. The predicted molar refractivity (Wildman–Crippen MR) is 73.3 cm³/mol. The average molecular weight is 287 g/mol. The van der Waals surface area contributed by atoms with Crippen LogP contribution in [0.1, 0.15) is 11.1 Å². The number of nitriles is 1. The molecule has 0 radical (unpaired) electrons. The molecule has 2 aromatic rings. The molecule has 0 bridgehead atoms. The van der Waals surface area contributed by atoms with Crippen molar-refractivity contribution < 1.29 is 0 Å². The van der Waals surface area contributed by atoms with E-state index in [2.05, 4.69) is 27.3 Å². The smallest absolute Gasteiger partial charge is 0.0994 e. The van der Waals surface area contributed by atoms with Gasteiger partial charge in [0.15, 0.2) is 0 Å². The Morgan fingerprint density at radius 3 is 2.29 bits per heavy atom. The molecule has 0 fully saturated rings. The minimum Gasteiger partial charge on any atom is -0.356 e. The first-order chi connectivity index (χ1) is 8.19. The van der Waals surface area contributed by atoms with E-state index < -0.39 is 0 Å². The van der Waals surface area contributed by atoms with Gasteiger partial charge in [0.05, 0.1) is 11.6 Å². The molecule has 2 rings (SSSR count). The van der Waals surface area contributed by atoms with E-state index in [-0.39, 0.29) is 0 Å². The fourth-order valence-electron chi connectivity index (χ4n) is 1.57. The lowest BCUT2D eigenvalue weighted by Gasteiger charge is -2.08. The first kappa shape index (κ1) is 11.7. The number of nitrogens with one attached hydrogen (secondary N) is 1. The van der Waals surface area contributed by atoms with Crippen LogP contribution in [-0.4, -0.2) is 0 Å². The maximum atomic E-state index is 8.85. The minimum absolute atomic E-state index is 0.714. The highest BCUT2D eigenvalue weighted by Gasteiger charge is 1.99. The summed E-state index contributed by atoms with van der Waals surface area (Å²) in [6.45, 7) is 1.94. The van der Waals surface area contributed by atoms with Crippen LogP contribution in [0.25, 0.3) is 0 Å². The normalized spacial score (nSPS) is 9.71. The lowest BCUT2D eigenvalue weighted by molar-refractivity contribution is 1.38. The number of hydrogen-bond acceptors (Lipinski definition) is 2. The maximum absolute atomic E-state index is 8.85. The van der Waals surface area contributed by atoms with E-state index in [0.717, 1.165) is 21.4 Å². The Labute approximate surface area is 109 Å². The zero-order valence-corrected chi connectivity index (χ0v) is 11.0. The third-order valence-corrected chi connectivity index (χ3v) is 3.01. The summed E-state index contributed by atoms with van der Waals surface area (Å²) in [5.74, 6) is 0. The lowest BCUT2D eigenvalue weighted by atomic mass is 10.1. The molecule has 1 N–H and O–H groups in total. The van der Waals surface area contributed by atoms with Gasteiger partial charge < -0.3 is 5.32 Å². The SMILES string of the molecule is Cc1cc(Nc2ccc(Br)cc2)ccc1C#N. The molecule has 84 valence electrons. The molecule has 0 saturated heterocycles. The van der Waals surface area contributed by atoms with Gasteiger partial charge in [-0.05, 0) is 55.0 Å². The Morgan fingerprint density at radius 1 is 1.06 bits per heavy atom. The van der Waals surface area contributed by atoms with Crippen molar-refractivity contribution >= 4 is 27.3 Å². The third kappa shape index (κ3) is 2.86. The van der Waals surface area contributed by atoms with Crippen LogP contribution in [0, 0.1) is 18.3 Å². The van der Waals surface area contributed by atoms with Gasteiger partial charge in [-0.25, -0.2) is 0 Å². The molecule has 0 aromatic heterocycles. The number of benzene rings is 2. The molecule has 2 nitrogen and oxygen atoms in total. The molecule has 0 aliphatic carbocycles. The largest absolute Gasteiger partial charge is 0.356 e. The third-order valence-electron chi connectivity index (χ3n) is 2.48. The van der Waals surface area contributed by atoms with Crippen LogP contribution < -0.4 is 5.32 Å². The second-order valence-corrected chi connectivity index (χ2v) is 4.69. The second kappa shape index (κ2) is 5.03. The van der Waals surface area contributed by atoms with Crippen LogP contribution in [0.15, 0.2) is 46.9 Å². The van der Waals surface area contributed by atoms with Crippen molar-refractivity contribution in [3.8, 4) is 6.07 Å². The molecule has 0 heterocycles. The predicted octanol–water partition coefficient (Wildman–Crippen LogP) is 4.37. The Kier molecular flexibility index (Phi) is 3.46. The molecule has 0 amide bonds. The number of rotatable bonds is 2. The first-order valence-electron chi connectivity index (χ1n) is 5.22. The van der Waals surface area contributed by atoms with Crippen LogP contribution in [0.5, 0.6) is 0 Å². The fraction of sp³-hybridized carbons (Fsp3) is 0.0714. The molecule has 3 heteroatoms. The summed E-state index contributed by atoms with van der Waals surface area (Å²) in [4.78, 5) is 0. The summed E-state index contributed by atoms with van der Waals surface area (Å²) >= 11 is 3.40. The van der Waals surface area contributed by atoms with Crippen LogP contribution in [0.2, 0.25) is 0 Å². The molecule has 0 unspecified atom stereocenters. The van der Waals surface area contributed by atoms with Crippen molar-refractivity contribution in [1.29, 1.82) is 5.26 Å². The molecular weight excluding hydrogens is 276 g/mol. The number of anilines is 2. The van der Waals surface area contributed by atoms with Crippen molar-refractivity contribution in [2.45, 2.75) is 6.92 Å². The fourth-order valence-corrected chi connectivity index (χ4v) is 1.83. The number of hydrogen-bond donors (Lipinski definition) is 1. The highest BCUT2D eigenvalue weighted by atomic mass is 79.9. The van der Waals surface area contributed by atoms with Gasteiger partial charge in [0.2, 0.25) is 0 Å². The summed E-state index contributed by atoms with van der Waals surface area (Å²) in [6, 6.07) is 15.8. The Bertz CT molecular complexity index is 568.